The summed E-state index contributed by atoms with van der Waals surface area (Å²) in [4.78, 5) is 9.30. The van der Waals surface area contributed by atoms with Gasteiger partial charge < -0.3 is 14.6 Å². The highest BCUT2D eigenvalue weighted by molar-refractivity contribution is 7.22. The first-order valence-electron chi connectivity index (χ1n) is 18.3. The number of aromatic hydroxyl groups is 1. The topological polar surface area (TPSA) is 64.5 Å². The van der Waals surface area contributed by atoms with Gasteiger partial charge in [-0.25, -0.2) is 9.97 Å². The number of phenols is 1. The van der Waals surface area contributed by atoms with Gasteiger partial charge in [0, 0.05) is 11.1 Å². The van der Waals surface area contributed by atoms with Gasteiger partial charge >= 0.3 is 12.4 Å². The van der Waals surface area contributed by atoms with Crippen LogP contribution in [-0.2, 0) is 0 Å². The first-order valence-corrected chi connectivity index (χ1v) is 20.0. The number of hydrogen-bond donors (Lipinski definition) is 1. The fourth-order valence-corrected chi connectivity index (χ4v) is 7.80. The van der Waals surface area contributed by atoms with E-state index in [1.54, 1.807) is 53.8 Å². The minimum Gasteiger partial charge on any atom is -0.508 e. The summed E-state index contributed by atoms with van der Waals surface area (Å²) < 4.78 is 84.7. The normalized spacial score (nSPS) is 12.0. The largest absolute Gasteiger partial charge is 0.508 e. The van der Waals surface area contributed by atoms with Gasteiger partial charge in [-0.15, -0.1) is 22.7 Å². The third kappa shape index (κ3) is 11.8. The maximum atomic E-state index is 12.2. The Morgan fingerprint density at radius 1 is 0.500 bits per heavy atom. The first kappa shape index (κ1) is 41.7. The lowest BCUT2D eigenvalue weighted by Gasteiger charge is -2.08. The van der Waals surface area contributed by atoms with E-state index in [1.807, 2.05) is 78.9 Å². The van der Waals surface area contributed by atoms with Crippen LogP contribution in [-0.4, -0.2) is 40.6 Å². The Labute approximate surface area is 349 Å². The van der Waals surface area contributed by atoms with E-state index in [9.17, 15) is 31.4 Å². The zero-order valence-corrected chi connectivity index (χ0v) is 33.3. The van der Waals surface area contributed by atoms with Gasteiger partial charge in [-0.3, -0.25) is 0 Å². The van der Waals surface area contributed by atoms with Gasteiger partial charge in [-0.2, -0.15) is 26.3 Å². The van der Waals surface area contributed by atoms with Crippen molar-refractivity contribution < 1.29 is 40.9 Å². The van der Waals surface area contributed by atoms with Gasteiger partial charge in [-0.1, -0.05) is 103 Å². The number of benzene rings is 6. The average molecular weight is 853 g/mol. The van der Waals surface area contributed by atoms with Gasteiger partial charge in [0.25, 0.3) is 0 Å². The summed E-state index contributed by atoms with van der Waals surface area (Å²) in [5.74, 6) is 0.593. The van der Waals surface area contributed by atoms with E-state index < -0.39 is 25.6 Å². The molecule has 0 amide bonds. The molecule has 0 aliphatic carbocycles. The van der Waals surface area contributed by atoms with Crippen LogP contribution in [0.15, 0.2) is 133 Å². The van der Waals surface area contributed by atoms with E-state index in [-0.39, 0.29) is 17.2 Å². The summed E-state index contributed by atoms with van der Waals surface area (Å²) in [5, 5.41) is 11.5. The Morgan fingerprint density at radius 2 is 0.867 bits per heavy atom. The summed E-state index contributed by atoms with van der Waals surface area (Å²) in [7, 11) is 0. The first-order chi connectivity index (χ1) is 28.7. The summed E-state index contributed by atoms with van der Waals surface area (Å²) >= 11 is 3.19. The molecular weight excluding hydrogens is 819 g/mol. The van der Waals surface area contributed by atoms with Crippen molar-refractivity contribution >= 4 is 67.4 Å². The van der Waals surface area contributed by atoms with Crippen LogP contribution in [0.3, 0.4) is 0 Å². The fraction of sp³-hybridized carbons (Fsp3) is 0.106. The van der Waals surface area contributed by atoms with Gasteiger partial charge in [-0.05, 0) is 89.3 Å². The van der Waals surface area contributed by atoms with Crippen LogP contribution in [0.2, 0.25) is 0 Å². The fourth-order valence-electron chi connectivity index (χ4n) is 5.73. The second kappa shape index (κ2) is 18.2. The lowest BCUT2D eigenvalue weighted by atomic mass is 10.1. The molecule has 0 unspecified atom stereocenters. The predicted molar refractivity (Wildman–Crippen MR) is 230 cm³/mol. The molecule has 0 saturated carbocycles. The molecule has 2 heterocycles. The Bertz CT molecular complexity index is 2550. The number of alkyl halides is 6. The van der Waals surface area contributed by atoms with Crippen molar-refractivity contribution in [1.82, 2.24) is 9.97 Å². The maximum absolute atomic E-state index is 12.2. The van der Waals surface area contributed by atoms with Gasteiger partial charge in [0.2, 0.25) is 0 Å². The number of nitrogens with zero attached hydrogens (tertiary/aromatic N) is 2. The molecule has 0 radical (unpaired) electrons. The predicted octanol–water partition coefficient (Wildman–Crippen LogP) is 14.2. The van der Waals surface area contributed by atoms with Crippen molar-refractivity contribution in [2.45, 2.75) is 19.3 Å². The zero-order chi connectivity index (χ0) is 42.3. The molecule has 0 fully saturated rings. The van der Waals surface area contributed by atoms with Crippen LogP contribution in [0.1, 0.15) is 27.8 Å². The molecule has 0 aliphatic heterocycles. The Hall–Kier alpha value is -6.44. The average Bonchev–Trinajstić information content (AvgIpc) is 3.85. The van der Waals surface area contributed by atoms with Gasteiger partial charge in [0.05, 0.1) is 20.4 Å². The van der Waals surface area contributed by atoms with Gasteiger partial charge in [0.15, 0.2) is 13.2 Å². The molecule has 13 heteroatoms. The lowest BCUT2D eigenvalue weighted by Crippen LogP contribution is -2.19. The number of halogens is 6. The summed E-state index contributed by atoms with van der Waals surface area (Å²) in [6.45, 7) is -0.518. The molecule has 0 bridgehead atoms. The second-order valence-electron chi connectivity index (χ2n) is 13.5. The highest BCUT2D eigenvalue weighted by Gasteiger charge is 2.29. The van der Waals surface area contributed by atoms with E-state index in [0.29, 0.717) is 0 Å². The van der Waals surface area contributed by atoms with E-state index in [1.165, 1.54) is 45.9 Å². The summed E-state index contributed by atoms with van der Waals surface area (Å²) in [5.41, 5.74) is 8.85. The molecule has 5 nitrogen and oxygen atoms in total. The van der Waals surface area contributed by atoms with Crippen molar-refractivity contribution in [3.8, 4) is 38.4 Å². The van der Waals surface area contributed by atoms with Crippen LogP contribution in [0.4, 0.5) is 26.3 Å². The quantitative estimate of drug-likeness (QED) is 0.110. The Balaban J connectivity index is 0.000000181. The second-order valence-corrected chi connectivity index (χ2v) is 15.6. The third-order valence-corrected chi connectivity index (χ3v) is 10.9. The Kier molecular flexibility index (Phi) is 12.7. The maximum Gasteiger partial charge on any atom is 0.422 e. The molecule has 0 saturated heterocycles. The van der Waals surface area contributed by atoms with Gasteiger partial charge in [0.1, 0.15) is 27.3 Å². The van der Waals surface area contributed by atoms with Crippen LogP contribution >= 0.6 is 22.7 Å². The Morgan fingerprint density at radius 3 is 1.27 bits per heavy atom. The molecular formula is C47H34F6N2O3S2. The van der Waals surface area contributed by atoms with E-state index in [4.69, 9.17) is 14.5 Å². The smallest absolute Gasteiger partial charge is 0.422 e. The van der Waals surface area contributed by atoms with Crippen molar-refractivity contribution in [1.29, 1.82) is 0 Å². The molecule has 6 aromatic carbocycles. The lowest BCUT2D eigenvalue weighted by molar-refractivity contribution is -0.154. The monoisotopic (exact) mass is 852 g/mol. The number of aromatic nitrogens is 2. The molecule has 8 aromatic rings. The van der Waals surface area contributed by atoms with Crippen LogP contribution < -0.4 is 9.47 Å². The number of aryl methyl sites for hydroxylation is 1. The molecule has 1 N–H and O–H groups in total. The molecule has 0 atom stereocenters. The van der Waals surface area contributed by atoms with Crippen molar-refractivity contribution in [2.75, 3.05) is 13.2 Å². The minimum atomic E-state index is -4.35. The van der Waals surface area contributed by atoms with E-state index >= 15 is 0 Å². The number of thiazole rings is 2. The third-order valence-electron chi connectivity index (χ3n) is 8.73. The SMILES string of the molecule is Cc1ccc2nc(-c3ccc(/C=C/c4ccc(OCC(F)(F)F)cc4)cc3)sc2c1.Oc1ccc2nc(-c3ccc(/C=C/c4ccc(OCC(F)(F)F)cc4)cc3)sc2c1. The summed E-state index contributed by atoms with van der Waals surface area (Å²) in [6.07, 6.45) is -1.03. The van der Waals surface area contributed by atoms with Crippen molar-refractivity contribution in [2.24, 2.45) is 0 Å². The standard InChI is InChI=1S/C24H18F3NOS.C23H16F3NO2S/c1-16-2-13-21-22(14-16)30-23(28-21)19-9-5-17(6-10-19)3-4-18-7-11-20(12-8-18)29-15-24(25,26)27;24-23(25,26)14-29-19-10-5-16(6-11-19)2-1-15-3-7-17(8-4-15)22-27-20-12-9-18(28)13-21(20)30-22/h2-14H,15H2,1H3;1-13,28H,14H2/b4-3+;2-1+. The van der Waals surface area contributed by atoms with Crippen molar-refractivity contribution in [3.05, 3.63) is 161 Å². The highest BCUT2D eigenvalue weighted by atomic mass is 32.1. The highest BCUT2D eigenvalue weighted by Crippen LogP contribution is 2.33. The van der Waals surface area contributed by atoms with E-state index in [0.717, 1.165) is 59.1 Å². The minimum absolute atomic E-state index is 0.179. The molecule has 0 aliphatic rings. The number of fused-ring (bicyclic) bond motifs is 2. The summed E-state index contributed by atoms with van der Waals surface area (Å²) in [6, 6.07) is 40.3. The number of ether oxygens (including phenoxy) is 2. The van der Waals surface area contributed by atoms with Crippen LogP contribution in [0.25, 0.3) is 65.9 Å². The number of phenolic OH excluding ortho intramolecular Hbond substituents is 1. The van der Waals surface area contributed by atoms with Crippen LogP contribution in [0, 0.1) is 6.92 Å². The molecule has 0 spiro atoms. The van der Waals surface area contributed by atoms with E-state index in [2.05, 4.69) is 24.0 Å². The van der Waals surface area contributed by atoms with Crippen LogP contribution in [0.5, 0.6) is 17.2 Å². The molecule has 8 rings (SSSR count). The van der Waals surface area contributed by atoms with Crippen molar-refractivity contribution in [3.63, 3.8) is 0 Å². The molecule has 60 heavy (non-hydrogen) atoms. The molecule has 2 aromatic heterocycles. The number of rotatable bonds is 10. The molecule has 304 valence electrons. The number of hydrogen-bond acceptors (Lipinski definition) is 7. The zero-order valence-electron chi connectivity index (χ0n) is 31.7.